The lowest BCUT2D eigenvalue weighted by atomic mass is 10.1. The van der Waals surface area contributed by atoms with E-state index in [1.165, 1.54) is 0 Å². The van der Waals surface area contributed by atoms with Crippen LogP contribution in [0.4, 0.5) is 4.79 Å². The Morgan fingerprint density at radius 1 is 1.23 bits per heavy atom. The fraction of sp³-hybridized carbons (Fsp3) is 0.333. The quantitative estimate of drug-likeness (QED) is 0.899. The second-order valence-electron chi connectivity index (χ2n) is 5.10. The number of nitrogens with zero attached hydrogens (tertiary/aromatic N) is 4. The van der Waals surface area contributed by atoms with Gasteiger partial charge >= 0.3 is 6.03 Å². The number of nitriles is 1. The molecule has 0 unspecified atom stereocenters. The lowest BCUT2D eigenvalue weighted by Gasteiger charge is -2.18. The molecule has 0 bridgehead atoms. The van der Waals surface area contributed by atoms with Crippen molar-refractivity contribution in [2.75, 3.05) is 0 Å². The Balaban J connectivity index is 1.93. The summed E-state index contributed by atoms with van der Waals surface area (Å²) in [5.41, 5.74) is 1.52. The lowest BCUT2D eigenvalue weighted by Crippen LogP contribution is -2.39. The van der Waals surface area contributed by atoms with E-state index in [0.29, 0.717) is 11.4 Å². The van der Waals surface area contributed by atoms with Crippen molar-refractivity contribution < 1.29 is 4.79 Å². The van der Waals surface area contributed by atoms with Gasteiger partial charge < -0.3 is 15.2 Å². The Bertz CT molecular complexity index is 685. The summed E-state index contributed by atoms with van der Waals surface area (Å²) < 4.78 is 1.76. The number of carbonyl (C=O) groups is 1. The van der Waals surface area contributed by atoms with Crippen LogP contribution in [-0.2, 0) is 7.05 Å². The van der Waals surface area contributed by atoms with E-state index >= 15 is 0 Å². The molecular weight excluding hydrogens is 280 g/mol. The molecule has 7 heteroatoms. The molecule has 0 fully saturated rings. The summed E-state index contributed by atoms with van der Waals surface area (Å²) in [6.07, 6.45) is 1.59. The third-order valence-corrected chi connectivity index (χ3v) is 3.37. The van der Waals surface area contributed by atoms with Gasteiger partial charge in [-0.15, -0.1) is 10.2 Å². The second kappa shape index (κ2) is 6.72. The van der Waals surface area contributed by atoms with E-state index in [1.807, 2.05) is 33.0 Å². The predicted molar refractivity (Wildman–Crippen MR) is 80.7 cm³/mol. The Kier molecular flexibility index (Phi) is 4.73. The molecule has 0 saturated carbocycles. The molecule has 2 rings (SSSR count). The molecule has 114 valence electrons. The summed E-state index contributed by atoms with van der Waals surface area (Å²) in [4.78, 5) is 12.0. The normalized spacial score (nSPS) is 13.0. The number of aromatic nitrogens is 3. The maximum atomic E-state index is 12.0. The van der Waals surface area contributed by atoms with Crippen LogP contribution in [0.25, 0.3) is 0 Å². The molecule has 0 saturated heterocycles. The molecule has 2 amide bonds. The maximum Gasteiger partial charge on any atom is 0.315 e. The molecule has 0 aliphatic rings. The van der Waals surface area contributed by atoms with E-state index in [9.17, 15) is 4.79 Å². The molecule has 2 aromatic rings. The smallest absolute Gasteiger partial charge is 0.315 e. The van der Waals surface area contributed by atoms with Crippen molar-refractivity contribution in [2.45, 2.75) is 25.9 Å². The zero-order valence-electron chi connectivity index (χ0n) is 12.7. The molecular formula is C15H18N6O. The molecule has 1 aromatic carbocycles. The first kappa shape index (κ1) is 15.5. The van der Waals surface area contributed by atoms with Gasteiger partial charge in [-0.2, -0.15) is 5.26 Å². The number of aryl methyl sites for hydroxylation is 1. The van der Waals surface area contributed by atoms with Crippen molar-refractivity contribution in [2.24, 2.45) is 7.05 Å². The predicted octanol–water partition coefficient (Wildman–Crippen LogP) is 1.81. The largest absolute Gasteiger partial charge is 0.332 e. The van der Waals surface area contributed by atoms with E-state index in [4.69, 9.17) is 5.26 Å². The number of amides is 2. The molecule has 1 heterocycles. The van der Waals surface area contributed by atoms with Gasteiger partial charge in [-0.3, -0.25) is 0 Å². The maximum absolute atomic E-state index is 12.0. The van der Waals surface area contributed by atoms with E-state index < -0.39 is 0 Å². The number of rotatable bonds is 4. The molecule has 2 atom stereocenters. The minimum atomic E-state index is -0.285. The molecule has 0 aliphatic carbocycles. The van der Waals surface area contributed by atoms with E-state index in [1.54, 1.807) is 23.0 Å². The summed E-state index contributed by atoms with van der Waals surface area (Å²) >= 11 is 0. The van der Waals surface area contributed by atoms with Gasteiger partial charge in [0.1, 0.15) is 6.33 Å². The minimum Gasteiger partial charge on any atom is -0.332 e. The van der Waals surface area contributed by atoms with E-state index in [0.717, 1.165) is 5.56 Å². The highest BCUT2D eigenvalue weighted by Gasteiger charge is 2.16. The molecule has 22 heavy (non-hydrogen) atoms. The van der Waals surface area contributed by atoms with Crippen LogP contribution in [0.1, 0.15) is 42.9 Å². The molecule has 0 radical (unpaired) electrons. The highest BCUT2D eigenvalue weighted by atomic mass is 16.2. The van der Waals surface area contributed by atoms with Gasteiger partial charge in [-0.05, 0) is 31.5 Å². The fourth-order valence-electron chi connectivity index (χ4n) is 2.11. The van der Waals surface area contributed by atoms with Crippen LogP contribution in [0.2, 0.25) is 0 Å². The Hall–Kier alpha value is -2.88. The van der Waals surface area contributed by atoms with Crippen molar-refractivity contribution in [3.63, 3.8) is 0 Å². The van der Waals surface area contributed by atoms with Gasteiger partial charge in [0.2, 0.25) is 0 Å². The standard InChI is InChI=1S/C15H18N6O/c1-10(13-6-4-12(8-16)5-7-13)18-15(22)19-11(2)14-20-17-9-21(14)3/h4-7,9-11H,1-3H3,(H2,18,19,22)/t10-,11+/m0/s1. The Morgan fingerprint density at radius 3 is 2.41 bits per heavy atom. The monoisotopic (exact) mass is 298 g/mol. The fourth-order valence-corrected chi connectivity index (χ4v) is 2.11. The SMILES string of the molecule is C[C@H](NC(=O)N[C@H](C)c1nncn1C)c1ccc(C#N)cc1. The van der Waals surface area contributed by atoms with Gasteiger partial charge in [0, 0.05) is 7.05 Å². The van der Waals surface area contributed by atoms with Crippen LogP contribution in [0.5, 0.6) is 0 Å². The second-order valence-corrected chi connectivity index (χ2v) is 5.10. The highest BCUT2D eigenvalue weighted by Crippen LogP contribution is 2.13. The van der Waals surface area contributed by atoms with Crippen LogP contribution in [-0.4, -0.2) is 20.8 Å². The zero-order chi connectivity index (χ0) is 16.1. The summed E-state index contributed by atoms with van der Waals surface area (Å²) in [5, 5.41) is 22.2. The van der Waals surface area contributed by atoms with Crippen molar-refractivity contribution >= 4 is 6.03 Å². The van der Waals surface area contributed by atoms with Crippen LogP contribution in [0, 0.1) is 11.3 Å². The summed E-state index contributed by atoms with van der Waals surface area (Å²) in [6.45, 7) is 3.73. The van der Waals surface area contributed by atoms with Gasteiger partial charge in [-0.25, -0.2) is 4.79 Å². The van der Waals surface area contributed by atoms with Crippen molar-refractivity contribution in [1.29, 1.82) is 5.26 Å². The van der Waals surface area contributed by atoms with E-state index in [-0.39, 0.29) is 18.1 Å². The minimum absolute atomic E-state index is 0.167. The van der Waals surface area contributed by atoms with Gasteiger partial charge in [0.05, 0.1) is 23.7 Å². The number of hydrogen-bond acceptors (Lipinski definition) is 4. The van der Waals surface area contributed by atoms with Crippen LogP contribution >= 0.6 is 0 Å². The molecule has 2 N–H and O–H groups in total. The van der Waals surface area contributed by atoms with Gasteiger partial charge in [0.15, 0.2) is 5.82 Å². The van der Waals surface area contributed by atoms with Crippen LogP contribution in [0.3, 0.4) is 0 Å². The van der Waals surface area contributed by atoms with Crippen molar-refractivity contribution in [3.05, 3.63) is 47.5 Å². The number of urea groups is 1. The van der Waals surface area contributed by atoms with Gasteiger partial charge in [0.25, 0.3) is 0 Å². The van der Waals surface area contributed by atoms with Crippen LogP contribution < -0.4 is 10.6 Å². The molecule has 7 nitrogen and oxygen atoms in total. The summed E-state index contributed by atoms with van der Waals surface area (Å²) in [7, 11) is 1.82. The van der Waals surface area contributed by atoms with Crippen LogP contribution in [0.15, 0.2) is 30.6 Å². The third-order valence-electron chi connectivity index (χ3n) is 3.37. The summed E-state index contributed by atoms with van der Waals surface area (Å²) in [6, 6.07) is 8.48. The number of nitrogens with one attached hydrogen (secondary N) is 2. The summed E-state index contributed by atoms with van der Waals surface area (Å²) in [5.74, 6) is 0.682. The molecule has 1 aromatic heterocycles. The Labute approximate surface area is 129 Å². The topological polar surface area (TPSA) is 95.6 Å². The molecule has 0 aliphatic heterocycles. The lowest BCUT2D eigenvalue weighted by molar-refractivity contribution is 0.234. The number of hydrogen-bond donors (Lipinski definition) is 2. The highest BCUT2D eigenvalue weighted by molar-refractivity contribution is 5.74. The molecule has 0 spiro atoms. The van der Waals surface area contributed by atoms with Gasteiger partial charge in [-0.1, -0.05) is 12.1 Å². The third kappa shape index (κ3) is 3.61. The first-order chi connectivity index (χ1) is 10.5. The zero-order valence-corrected chi connectivity index (χ0v) is 12.7. The first-order valence-corrected chi connectivity index (χ1v) is 6.92. The average Bonchev–Trinajstić information content (AvgIpc) is 2.93. The Morgan fingerprint density at radius 2 is 1.86 bits per heavy atom. The van der Waals surface area contributed by atoms with Crippen molar-refractivity contribution in [1.82, 2.24) is 25.4 Å². The van der Waals surface area contributed by atoms with Crippen molar-refractivity contribution in [3.8, 4) is 6.07 Å². The number of carbonyl (C=O) groups excluding carboxylic acids is 1. The average molecular weight is 298 g/mol. The number of benzene rings is 1. The first-order valence-electron chi connectivity index (χ1n) is 6.92. The van der Waals surface area contributed by atoms with E-state index in [2.05, 4.69) is 26.9 Å².